The standard InChI is InChI=1S/C18H11ClF3N3O2/c19-15-3-1-12(9-14(15)18(20,21)22)16-4-2-13(27-16)10-24-25-17(26)11-5-7-23-8-6-11/h1-10H,(H,25,26). The molecule has 0 aliphatic rings. The molecule has 0 aliphatic heterocycles. The number of alkyl halides is 3. The number of aromatic nitrogens is 1. The van der Waals surface area contributed by atoms with Gasteiger partial charge in [0.25, 0.3) is 5.91 Å². The average molecular weight is 394 g/mol. The Morgan fingerprint density at radius 3 is 2.59 bits per heavy atom. The van der Waals surface area contributed by atoms with Crippen LogP contribution >= 0.6 is 11.6 Å². The topological polar surface area (TPSA) is 67.5 Å². The number of benzene rings is 1. The molecular weight excluding hydrogens is 383 g/mol. The van der Waals surface area contributed by atoms with Crippen LogP contribution in [0.15, 0.2) is 64.4 Å². The highest BCUT2D eigenvalue weighted by molar-refractivity contribution is 6.31. The van der Waals surface area contributed by atoms with Crippen molar-refractivity contribution >= 4 is 23.7 Å². The van der Waals surface area contributed by atoms with Gasteiger partial charge in [-0.2, -0.15) is 18.3 Å². The molecule has 1 aromatic carbocycles. The SMILES string of the molecule is O=C(NN=Cc1ccc(-c2ccc(Cl)c(C(F)(F)F)c2)o1)c1ccncc1. The van der Waals surface area contributed by atoms with Crippen molar-refractivity contribution in [1.82, 2.24) is 10.4 Å². The van der Waals surface area contributed by atoms with Crippen molar-refractivity contribution in [2.24, 2.45) is 5.10 Å². The highest BCUT2D eigenvalue weighted by Crippen LogP contribution is 2.37. The predicted octanol–water partition coefficient (Wildman–Crippen LogP) is 4.78. The average Bonchev–Trinajstić information content (AvgIpc) is 3.10. The molecule has 0 bridgehead atoms. The van der Waals surface area contributed by atoms with Crippen LogP contribution < -0.4 is 5.43 Å². The van der Waals surface area contributed by atoms with Crippen molar-refractivity contribution in [2.45, 2.75) is 6.18 Å². The zero-order valence-corrected chi connectivity index (χ0v) is 14.3. The Morgan fingerprint density at radius 2 is 1.89 bits per heavy atom. The normalized spacial score (nSPS) is 11.7. The number of rotatable bonds is 4. The summed E-state index contributed by atoms with van der Waals surface area (Å²) in [5.41, 5.74) is 1.96. The maximum absolute atomic E-state index is 13.0. The minimum absolute atomic E-state index is 0.207. The molecule has 0 radical (unpaired) electrons. The minimum Gasteiger partial charge on any atom is -0.455 e. The Labute approximate surface area is 156 Å². The highest BCUT2D eigenvalue weighted by Gasteiger charge is 2.33. The fraction of sp³-hybridized carbons (Fsp3) is 0.0556. The molecule has 0 unspecified atom stereocenters. The summed E-state index contributed by atoms with van der Waals surface area (Å²) in [6.45, 7) is 0. The fourth-order valence-electron chi connectivity index (χ4n) is 2.20. The molecule has 0 aliphatic carbocycles. The van der Waals surface area contributed by atoms with Crippen LogP contribution in [0.2, 0.25) is 5.02 Å². The summed E-state index contributed by atoms with van der Waals surface area (Å²) >= 11 is 5.61. The lowest BCUT2D eigenvalue weighted by Gasteiger charge is -2.09. The molecule has 0 atom stereocenters. The zero-order chi connectivity index (χ0) is 19.4. The van der Waals surface area contributed by atoms with Crippen LogP contribution in [-0.4, -0.2) is 17.1 Å². The van der Waals surface area contributed by atoms with E-state index in [9.17, 15) is 18.0 Å². The molecule has 0 fully saturated rings. The van der Waals surface area contributed by atoms with Crippen molar-refractivity contribution in [3.63, 3.8) is 0 Å². The molecule has 3 aromatic rings. The third-order valence-electron chi connectivity index (χ3n) is 3.48. The second-order valence-electron chi connectivity index (χ2n) is 5.33. The summed E-state index contributed by atoms with van der Waals surface area (Å²) in [6, 6.07) is 9.54. The second kappa shape index (κ2) is 7.63. The van der Waals surface area contributed by atoms with Crippen LogP contribution in [0.1, 0.15) is 21.7 Å². The number of carbonyl (C=O) groups excluding carboxylic acids is 1. The Bertz CT molecular complexity index is 985. The van der Waals surface area contributed by atoms with E-state index < -0.39 is 22.7 Å². The van der Waals surface area contributed by atoms with Crippen molar-refractivity contribution in [3.8, 4) is 11.3 Å². The van der Waals surface area contributed by atoms with Crippen LogP contribution in [0.25, 0.3) is 11.3 Å². The van der Waals surface area contributed by atoms with Crippen LogP contribution in [-0.2, 0) is 6.18 Å². The van der Waals surface area contributed by atoms with E-state index in [-0.39, 0.29) is 17.1 Å². The van der Waals surface area contributed by atoms with Gasteiger partial charge < -0.3 is 4.42 Å². The smallest absolute Gasteiger partial charge is 0.417 e. The molecule has 2 aromatic heterocycles. The number of carbonyl (C=O) groups is 1. The van der Waals surface area contributed by atoms with Gasteiger partial charge in [-0.1, -0.05) is 11.6 Å². The van der Waals surface area contributed by atoms with E-state index in [1.807, 2.05) is 0 Å². The number of hydrazone groups is 1. The van der Waals surface area contributed by atoms with Crippen LogP contribution in [0.5, 0.6) is 0 Å². The Morgan fingerprint density at radius 1 is 1.15 bits per heavy atom. The van der Waals surface area contributed by atoms with Crippen molar-refractivity contribution in [1.29, 1.82) is 0 Å². The largest absolute Gasteiger partial charge is 0.455 e. The van der Waals surface area contributed by atoms with Gasteiger partial charge in [0, 0.05) is 23.5 Å². The molecule has 27 heavy (non-hydrogen) atoms. The Balaban J connectivity index is 1.73. The number of hydrogen-bond acceptors (Lipinski definition) is 4. The van der Waals surface area contributed by atoms with Gasteiger partial charge in [0.05, 0.1) is 16.8 Å². The van der Waals surface area contributed by atoms with E-state index in [2.05, 4.69) is 15.5 Å². The highest BCUT2D eigenvalue weighted by atomic mass is 35.5. The molecule has 0 spiro atoms. The van der Waals surface area contributed by atoms with Crippen LogP contribution in [0.4, 0.5) is 13.2 Å². The molecule has 3 rings (SSSR count). The quantitative estimate of drug-likeness (QED) is 0.512. The van der Waals surface area contributed by atoms with E-state index in [1.165, 1.54) is 48.9 Å². The number of amides is 1. The molecule has 0 saturated heterocycles. The molecule has 9 heteroatoms. The van der Waals surface area contributed by atoms with Gasteiger partial charge in [-0.25, -0.2) is 5.43 Å². The summed E-state index contributed by atoms with van der Waals surface area (Å²) in [7, 11) is 0. The lowest BCUT2D eigenvalue weighted by molar-refractivity contribution is -0.137. The summed E-state index contributed by atoms with van der Waals surface area (Å²) in [5.74, 6) is 0.0237. The first kappa shape index (κ1) is 18.7. The van der Waals surface area contributed by atoms with Crippen molar-refractivity contribution in [2.75, 3.05) is 0 Å². The summed E-state index contributed by atoms with van der Waals surface area (Å²) in [6.07, 6.45) is -0.387. The van der Waals surface area contributed by atoms with Gasteiger partial charge in [0.15, 0.2) is 0 Å². The summed E-state index contributed by atoms with van der Waals surface area (Å²) < 4.78 is 44.3. The maximum atomic E-state index is 13.0. The number of pyridine rings is 1. The summed E-state index contributed by atoms with van der Waals surface area (Å²) in [4.78, 5) is 15.6. The minimum atomic E-state index is -4.57. The second-order valence-corrected chi connectivity index (χ2v) is 5.74. The first-order valence-electron chi connectivity index (χ1n) is 7.55. The van der Waals surface area contributed by atoms with E-state index in [4.69, 9.17) is 16.0 Å². The number of halogens is 4. The molecule has 138 valence electrons. The molecule has 0 saturated carbocycles. The van der Waals surface area contributed by atoms with Crippen molar-refractivity contribution < 1.29 is 22.4 Å². The zero-order valence-electron chi connectivity index (χ0n) is 13.5. The monoisotopic (exact) mass is 393 g/mol. The van der Waals surface area contributed by atoms with Gasteiger partial charge in [0.1, 0.15) is 11.5 Å². The number of furan rings is 1. The Kier molecular flexibility index (Phi) is 5.27. The summed E-state index contributed by atoms with van der Waals surface area (Å²) in [5, 5.41) is 3.37. The third kappa shape index (κ3) is 4.53. The van der Waals surface area contributed by atoms with E-state index in [0.717, 1.165) is 12.1 Å². The molecule has 2 heterocycles. The first-order chi connectivity index (χ1) is 12.8. The van der Waals surface area contributed by atoms with E-state index in [1.54, 1.807) is 0 Å². The fourth-order valence-corrected chi connectivity index (χ4v) is 2.42. The van der Waals surface area contributed by atoms with Gasteiger partial charge >= 0.3 is 6.18 Å². The van der Waals surface area contributed by atoms with E-state index >= 15 is 0 Å². The van der Waals surface area contributed by atoms with Gasteiger partial charge in [-0.05, 0) is 42.5 Å². The van der Waals surface area contributed by atoms with Crippen molar-refractivity contribution in [3.05, 3.63) is 76.8 Å². The Hall–Kier alpha value is -3.13. The van der Waals surface area contributed by atoms with Crippen LogP contribution in [0.3, 0.4) is 0 Å². The van der Waals surface area contributed by atoms with Gasteiger partial charge in [0.2, 0.25) is 0 Å². The molecule has 1 amide bonds. The molecule has 1 N–H and O–H groups in total. The number of nitrogens with zero attached hydrogens (tertiary/aromatic N) is 2. The van der Waals surface area contributed by atoms with E-state index in [0.29, 0.717) is 5.56 Å². The lowest BCUT2D eigenvalue weighted by atomic mass is 10.1. The molecule has 5 nitrogen and oxygen atoms in total. The predicted molar refractivity (Wildman–Crippen MR) is 93.5 cm³/mol. The number of nitrogens with one attached hydrogen (secondary N) is 1. The van der Waals surface area contributed by atoms with Gasteiger partial charge in [-0.3, -0.25) is 9.78 Å². The third-order valence-corrected chi connectivity index (χ3v) is 3.81. The molecular formula is C18H11ClF3N3O2. The first-order valence-corrected chi connectivity index (χ1v) is 7.93. The van der Waals surface area contributed by atoms with Gasteiger partial charge in [-0.15, -0.1) is 0 Å². The van der Waals surface area contributed by atoms with Crippen LogP contribution in [0, 0.1) is 0 Å². The maximum Gasteiger partial charge on any atom is 0.417 e. The number of hydrogen-bond donors (Lipinski definition) is 1. The lowest BCUT2D eigenvalue weighted by Crippen LogP contribution is -2.17.